The van der Waals surface area contributed by atoms with Gasteiger partial charge in [-0.2, -0.15) is 10.3 Å². The Hall–Kier alpha value is -1.17. The zero-order valence-electron chi connectivity index (χ0n) is 9.36. The van der Waals surface area contributed by atoms with Crippen LogP contribution in [0.5, 0.6) is 0 Å². The number of rotatable bonds is 2. The maximum absolute atomic E-state index is 10.3. The van der Waals surface area contributed by atoms with Crippen LogP contribution in [0.3, 0.4) is 0 Å². The van der Waals surface area contributed by atoms with E-state index in [1.54, 1.807) is 0 Å². The van der Waals surface area contributed by atoms with Crippen LogP contribution in [0.25, 0.3) is 0 Å². The first-order valence-corrected chi connectivity index (χ1v) is 5.38. The summed E-state index contributed by atoms with van der Waals surface area (Å²) in [4.78, 5) is 16.3. The lowest BCUT2D eigenvalue weighted by Gasteiger charge is -2.24. The Balaban J connectivity index is 2.74. The van der Waals surface area contributed by atoms with Gasteiger partial charge in [-0.15, -0.1) is 0 Å². The van der Waals surface area contributed by atoms with E-state index in [-0.39, 0.29) is 0 Å². The first kappa shape index (κ1) is 11.9. The molecule has 0 N–H and O–H groups in total. The predicted octanol–water partition coefficient (Wildman–Crippen LogP) is 1.48. The predicted molar refractivity (Wildman–Crippen MR) is 57.0 cm³/mol. The molecule has 0 aliphatic carbocycles. The van der Waals surface area contributed by atoms with E-state index in [1.807, 2.05) is 0 Å². The lowest BCUT2D eigenvalue weighted by atomic mass is 9.93. The molecule has 0 radical (unpaired) electrons. The van der Waals surface area contributed by atoms with Crippen molar-refractivity contribution in [3.8, 4) is 6.07 Å². The number of hydrogen-bond donors (Lipinski definition) is 0. The van der Waals surface area contributed by atoms with Gasteiger partial charge < -0.3 is 4.90 Å². The molecule has 0 amide bonds. The van der Waals surface area contributed by atoms with Gasteiger partial charge in [-0.25, -0.2) is 4.79 Å². The van der Waals surface area contributed by atoms with Gasteiger partial charge in [-0.05, 0) is 39.7 Å². The van der Waals surface area contributed by atoms with Crippen LogP contribution in [0.15, 0.2) is 4.99 Å². The molecule has 1 atom stereocenters. The summed E-state index contributed by atoms with van der Waals surface area (Å²) in [6, 6.07) is 2.65. The van der Waals surface area contributed by atoms with Crippen molar-refractivity contribution in [2.75, 3.05) is 13.1 Å². The number of isocyanates is 1. The summed E-state index contributed by atoms with van der Waals surface area (Å²) < 4.78 is 0. The Labute approximate surface area is 90.6 Å². The molecule has 0 saturated carbocycles. The second-order valence-electron chi connectivity index (χ2n) is 4.33. The van der Waals surface area contributed by atoms with Crippen LogP contribution in [0.1, 0.15) is 33.1 Å². The molecule has 0 bridgehead atoms. The summed E-state index contributed by atoms with van der Waals surface area (Å²) in [6.07, 6.45) is 3.75. The fourth-order valence-corrected chi connectivity index (χ4v) is 1.99. The Morgan fingerprint density at radius 1 is 1.40 bits per heavy atom. The van der Waals surface area contributed by atoms with Gasteiger partial charge in [0.15, 0.2) is 5.54 Å². The van der Waals surface area contributed by atoms with Crippen molar-refractivity contribution >= 4 is 6.08 Å². The van der Waals surface area contributed by atoms with Crippen LogP contribution < -0.4 is 0 Å². The molecule has 4 nitrogen and oxygen atoms in total. The summed E-state index contributed by atoms with van der Waals surface area (Å²) >= 11 is 0. The molecule has 0 aromatic carbocycles. The van der Waals surface area contributed by atoms with E-state index in [4.69, 9.17) is 5.26 Å². The molecule has 1 saturated heterocycles. The van der Waals surface area contributed by atoms with Gasteiger partial charge in [-0.1, -0.05) is 0 Å². The molecule has 1 aliphatic heterocycles. The fourth-order valence-electron chi connectivity index (χ4n) is 1.99. The van der Waals surface area contributed by atoms with Crippen molar-refractivity contribution in [3.05, 3.63) is 0 Å². The second kappa shape index (κ2) is 5.06. The van der Waals surface area contributed by atoms with E-state index in [1.165, 1.54) is 6.08 Å². The van der Waals surface area contributed by atoms with Gasteiger partial charge in [0.2, 0.25) is 6.08 Å². The number of likely N-dealkylation sites (tertiary alicyclic amines) is 1. The van der Waals surface area contributed by atoms with Crippen molar-refractivity contribution in [2.24, 2.45) is 4.99 Å². The summed E-state index contributed by atoms with van der Waals surface area (Å²) in [5.74, 6) is 0. The topological polar surface area (TPSA) is 56.5 Å². The molecule has 0 aromatic rings. The third kappa shape index (κ3) is 2.89. The summed E-state index contributed by atoms with van der Waals surface area (Å²) in [7, 11) is 0. The summed E-state index contributed by atoms with van der Waals surface area (Å²) in [6.45, 7) is 6.09. The third-order valence-corrected chi connectivity index (χ3v) is 3.05. The molecule has 4 heteroatoms. The number of carbonyl (C=O) groups excluding carboxylic acids is 1. The van der Waals surface area contributed by atoms with Gasteiger partial charge in [0.05, 0.1) is 6.07 Å². The minimum atomic E-state index is -0.814. The van der Waals surface area contributed by atoms with Crippen LogP contribution in [-0.2, 0) is 4.79 Å². The highest BCUT2D eigenvalue weighted by Crippen LogP contribution is 2.26. The molecular weight excluding hydrogens is 190 g/mol. The van der Waals surface area contributed by atoms with Crippen LogP contribution >= 0.6 is 0 Å². The van der Waals surface area contributed by atoms with Crippen molar-refractivity contribution in [1.82, 2.24) is 4.90 Å². The molecule has 0 aromatic heterocycles. The van der Waals surface area contributed by atoms with Gasteiger partial charge in [0.25, 0.3) is 0 Å². The first-order valence-electron chi connectivity index (χ1n) is 5.38. The highest BCUT2D eigenvalue weighted by Gasteiger charge is 2.32. The van der Waals surface area contributed by atoms with E-state index >= 15 is 0 Å². The molecular formula is C11H17N3O. The lowest BCUT2D eigenvalue weighted by Crippen LogP contribution is -2.33. The molecule has 82 valence electrons. The fraction of sp³-hybridized carbons (Fsp3) is 0.818. The summed E-state index contributed by atoms with van der Waals surface area (Å²) in [5.41, 5.74) is -0.814. The quantitative estimate of drug-likeness (QED) is 0.509. The standard InChI is InChI=1S/C11H17N3O/c1-10(2)14-6-3-4-11(8-12,5-7-14)13-9-15/h10H,3-7H2,1-2H3. The molecule has 1 fully saturated rings. The molecule has 15 heavy (non-hydrogen) atoms. The number of aliphatic imine (C=N–C) groups is 1. The molecule has 1 heterocycles. The SMILES string of the molecule is CC(C)N1CCCC(C#N)(N=C=O)CC1. The van der Waals surface area contributed by atoms with Gasteiger partial charge >= 0.3 is 0 Å². The highest BCUT2D eigenvalue weighted by atomic mass is 16.1. The van der Waals surface area contributed by atoms with Crippen molar-refractivity contribution < 1.29 is 4.79 Å². The van der Waals surface area contributed by atoms with E-state index in [0.717, 1.165) is 19.5 Å². The smallest absolute Gasteiger partial charge is 0.236 e. The van der Waals surface area contributed by atoms with Gasteiger partial charge in [0.1, 0.15) is 0 Å². The van der Waals surface area contributed by atoms with Crippen LogP contribution in [-0.4, -0.2) is 35.7 Å². The Kier molecular flexibility index (Phi) is 4.02. The van der Waals surface area contributed by atoms with Crippen LogP contribution in [0.2, 0.25) is 0 Å². The lowest BCUT2D eigenvalue weighted by molar-refractivity contribution is 0.228. The number of nitriles is 1. The van der Waals surface area contributed by atoms with Crippen LogP contribution in [0, 0.1) is 11.3 Å². The molecule has 1 aliphatic rings. The average Bonchev–Trinajstić information content (AvgIpc) is 2.42. The molecule has 1 rings (SSSR count). The van der Waals surface area contributed by atoms with E-state index in [9.17, 15) is 4.79 Å². The van der Waals surface area contributed by atoms with E-state index in [0.29, 0.717) is 18.9 Å². The largest absolute Gasteiger partial charge is 0.301 e. The minimum absolute atomic E-state index is 0.486. The van der Waals surface area contributed by atoms with E-state index in [2.05, 4.69) is 29.8 Å². The zero-order chi connectivity index (χ0) is 11.3. The normalized spacial score (nSPS) is 27.9. The molecule has 0 spiro atoms. The number of nitrogens with zero attached hydrogens (tertiary/aromatic N) is 3. The van der Waals surface area contributed by atoms with Crippen LogP contribution in [0.4, 0.5) is 0 Å². The number of hydrogen-bond acceptors (Lipinski definition) is 4. The van der Waals surface area contributed by atoms with Crippen molar-refractivity contribution in [3.63, 3.8) is 0 Å². The monoisotopic (exact) mass is 207 g/mol. The average molecular weight is 207 g/mol. The van der Waals surface area contributed by atoms with Crippen molar-refractivity contribution in [1.29, 1.82) is 5.26 Å². The Bertz CT molecular complexity index is 301. The van der Waals surface area contributed by atoms with Gasteiger partial charge in [0, 0.05) is 12.6 Å². The Morgan fingerprint density at radius 2 is 2.13 bits per heavy atom. The van der Waals surface area contributed by atoms with Gasteiger partial charge in [-0.3, -0.25) is 0 Å². The maximum atomic E-state index is 10.3. The minimum Gasteiger partial charge on any atom is -0.301 e. The van der Waals surface area contributed by atoms with Crippen molar-refractivity contribution in [2.45, 2.75) is 44.7 Å². The zero-order valence-corrected chi connectivity index (χ0v) is 9.36. The Morgan fingerprint density at radius 3 is 2.67 bits per heavy atom. The maximum Gasteiger partial charge on any atom is 0.236 e. The summed E-state index contributed by atoms with van der Waals surface area (Å²) in [5, 5.41) is 9.08. The highest BCUT2D eigenvalue weighted by molar-refractivity contribution is 5.37. The molecule has 1 unspecified atom stereocenters. The van der Waals surface area contributed by atoms with E-state index < -0.39 is 5.54 Å². The first-order chi connectivity index (χ1) is 7.13. The third-order valence-electron chi connectivity index (χ3n) is 3.05. The second-order valence-corrected chi connectivity index (χ2v) is 4.33.